The molecule has 0 amide bonds. The molecule has 1 aromatic carbocycles. The molecule has 21 heavy (non-hydrogen) atoms. The molecule has 2 nitrogen and oxygen atoms in total. The fourth-order valence-electron chi connectivity index (χ4n) is 3.79. The van der Waals surface area contributed by atoms with Gasteiger partial charge in [0.1, 0.15) is 0 Å². The first-order chi connectivity index (χ1) is 10.3. The summed E-state index contributed by atoms with van der Waals surface area (Å²) in [5.41, 5.74) is 3.66. The molecule has 1 saturated carbocycles. The van der Waals surface area contributed by atoms with Crippen LogP contribution < -0.4 is 5.32 Å². The Balaban J connectivity index is 1.92. The summed E-state index contributed by atoms with van der Waals surface area (Å²) in [4.78, 5) is 4.67. The average Bonchev–Trinajstić information content (AvgIpc) is 2.53. The van der Waals surface area contributed by atoms with Gasteiger partial charge in [-0.15, -0.1) is 0 Å². The van der Waals surface area contributed by atoms with E-state index in [2.05, 4.69) is 54.6 Å². The van der Waals surface area contributed by atoms with Gasteiger partial charge < -0.3 is 5.32 Å². The Morgan fingerprint density at radius 3 is 2.71 bits per heavy atom. The molecule has 1 aliphatic carbocycles. The lowest BCUT2D eigenvalue weighted by atomic mass is 9.83. The zero-order chi connectivity index (χ0) is 14.7. The molecule has 1 unspecified atom stereocenters. The summed E-state index contributed by atoms with van der Waals surface area (Å²) in [5.74, 6) is 0.878. The molecule has 0 aliphatic heterocycles. The molecule has 1 heterocycles. The van der Waals surface area contributed by atoms with Gasteiger partial charge in [0.15, 0.2) is 0 Å². The number of nitrogens with one attached hydrogen (secondary N) is 1. The van der Waals surface area contributed by atoms with Gasteiger partial charge >= 0.3 is 0 Å². The molecule has 2 heteroatoms. The van der Waals surface area contributed by atoms with Crippen molar-refractivity contribution in [1.29, 1.82) is 0 Å². The SMILES string of the molecule is CNC(CC1CCCCC1)c1cc(C)nc2ccccc12. The topological polar surface area (TPSA) is 24.9 Å². The number of aryl methyl sites for hydroxylation is 1. The number of aromatic nitrogens is 1. The lowest BCUT2D eigenvalue weighted by molar-refractivity contribution is 0.306. The largest absolute Gasteiger partial charge is 0.313 e. The highest BCUT2D eigenvalue weighted by Crippen LogP contribution is 2.34. The van der Waals surface area contributed by atoms with Crippen LogP contribution in [0.2, 0.25) is 0 Å². The van der Waals surface area contributed by atoms with Crippen LogP contribution in [0.5, 0.6) is 0 Å². The van der Waals surface area contributed by atoms with E-state index < -0.39 is 0 Å². The molecule has 112 valence electrons. The standard InChI is InChI=1S/C19H26N2/c1-14-12-17(16-10-6-7-11-18(16)21-14)19(20-2)13-15-8-4-3-5-9-15/h6-7,10-12,15,19-20H,3-5,8-9,13H2,1-2H3. The van der Waals surface area contributed by atoms with Gasteiger partial charge in [-0.05, 0) is 44.0 Å². The molecule has 0 radical (unpaired) electrons. The van der Waals surface area contributed by atoms with Crippen molar-refractivity contribution in [2.45, 2.75) is 51.5 Å². The minimum Gasteiger partial charge on any atom is -0.313 e. The second kappa shape index (κ2) is 6.57. The van der Waals surface area contributed by atoms with Gasteiger partial charge in [0.25, 0.3) is 0 Å². The minimum absolute atomic E-state index is 0.444. The van der Waals surface area contributed by atoms with E-state index >= 15 is 0 Å². The third-order valence-corrected chi connectivity index (χ3v) is 4.89. The molecule has 0 bridgehead atoms. The monoisotopic (exact) mass is 282 g/mol. The van der Waals surface area contributed by atoms with Crippen molar-refractivity contribution < 1.29 is 0 Å². The summed E-state index contributed by atoms with van der Waals surface area (Å²) < 4.78 is 0. The summed E-state index contributed by atoms with van der Waals surface area (Å²) >= 11 is 0. The van der Waals surface area contributed by atoms with Crippen molar-refractivity contribution in [3.63, 3.8) is 0 Å². The van der Waals surface area contributed by atoms with Crippen molar-refractivity contribution >= 4 is 10.9 Å². The maximum Gasteiger partial charge on any atom is 0.0708 e. The Morgan fingerprint density at radius 2 is 1.95 bits per heavy atom. The van der Waals surface area contributed by atoms with Crippen LogP contribution in [0.3, 0.4) is 0 Å². The fourth-order valence-corrected chi connectivity index (χ4v) is 3.79. The molecular formula is C19H26N2. The van der Waals surface area contributed by atoms with E-state index in [1.165, 1.54) is 49.5 Å². The molecule has 3 rings (SSSR count). The van der Waals surface area contributed by atoms with Crippen LogP contribution in [0.4, 0.5) is 0 Å². The number of nitrogens with zero attached hydrogens (tertiary/aromatic N) is 1. The fraction of sp³-hybridized carbons (Fsp3) is 0.526. The van der Waals surface area contributed by atoms with Crippen molar-refractivity contribution in [2.75, 3.05) is 7.05 Å². The van der Waals surface area contributed by atoms with Gasteiger partial charge in [-0.1, -0.05) is 50.3 Å². The highest BCUT2D eigenvalue weighted by atomic mass is 14.9. The van der Waals surface area contributed by atoms with E-state index in [0.29, 0.717) is 6.04 Å². The predicted octanol–water partition coefficient (Wildman–Crippen LogP) is 4.77. The van der Waals surface area contributed by atoms with Gasteiger partial charge in [0, 0.05) is 17.1 Å². The Bertz CT molecular complexity index is 600. The lowest BCUT2D eigenvalue weighted by Crippen LogP contribution is -2.21. The van der Waals surface area contributed by atoms with E-state index in [9.17, 15) is 0 Å². The van der Waals surface area contributed by atoms with Crippen LogP contribution in [-0.2, 0) is 0 Å². The minimum atomic E-state index is 0.444. The number of hydrogen-bond acceptors (Lipinski definition) is 2. The number of para-hydroxylation sites is 1. The maximum atomic E-state index is 4.67. The van der Waals surface area contributed by atoms with Gasteiger partial charge in [-0.2, -0.15) is 0 Å². The molecule has 1 N–H and O–H groups in total. The Labute approximate surface area is 128 Å². The smallest absolute Gasteiger partial charge is 0.0708 e. The first-order valence-electron chi connectivity index (χ1n) is 8.31. The first kappa shape index (κ1) is 14.5. The molecular weight excluding hydrogens is 256 g/mol. The van der Waals surface area contributed by atoms with Crippen molar-refractivity contribution in [3.8, 4) is 0 Å². The normalized spacial score (nSPS) is 18.0. The number of benzene rings is 1. The summed E-state index contributed by atoms with van der Waals surface area (Å²) in [6.45, 7) is 2.10. The van der Waals surface area contributed by atoms with Gasteiger partial charge in [-0.3, -0.25) is 4.98 Å². The molecule has 0 spiro atoms. The van der Waals surface area contributed by atoms with E-state index in [1.807, 2.05) is 0 Å². The van der Waals surface area contributed by atoms with Crippen LogP contribution in [0.1, 0.15) is 55.8 Å². The number of fused-ring (bicyclic) bond motifs is 1. The van der Waals surface area contributed by atoms with Crippen LogP contribution in [-0.4, -0.2) is 12.0 Å². The molecule has 0 saturated heterocycles. The van der Waals surface area contributed by atoms with Crippen LogP contribution in [0, 0.1) is 12.8 Å². The average molecular weight is 282 g/mol. The highest BCUT2D eigenvalue weighted by Gasteiger charge is 2.21. The molecule has 1 atom stereocenters. The van der Waals surface area contributed by atoms with Crippen LogP contribution in [0.25, 0.3) is 10.9 Å². The van der Waals surface area contributed by atoms with Crippen LogP contribution in [0.15, 0.2) is 30.3 Å². The molecule has 2 aromatic rings. The number of hydrogen-bond donors (Lipinski definition) is 1. The second-order valence-corrected chi connectivity index (χ2v) is 6.45. The molecule has 1 aromatic heterocycles. The van der Waals surface area contributed by atoms with E-state index in [4.69, 9.17) is 0 Å². The molecule has 1 fully saturated rings. The lowest BCUT2D eigenvalue weighted by Gasteiger charge is -2.27. The molecule has 1 aliphatic rings. The number of pyridine rings is 1. The maximum absolute atomic E-state index is 4.67. The summed E-state index contributed by atoms with van der Waals surface area (Å²) in [5, 5.41) is 4.86. The summed E-state index contributed by atoms with van der Waals surface area (Å²) in [6, 6.07) is 11.2. The van der Waals surface area contributed by atoms with E-state index in [0.717, 1.165) is 17.1 Å². The van der Waals surface area contributed by atoms with Gasteiger partial charge in [0.05, 0.1) is 5.52 Å². The Hall–Kier alpha value is -1.41. The Morgan fingerprint density at radius 1 is 1.19 bits per heavy atom. The third-order valence-electron chi connectivity index (χ3n) is 4.89. The summed E-state index contributed by atoms with van der Waals surface area (Å²) in [7, 11) is 2.10. The summed E-state index contributed by atoms with van der Waals surface area (Å²) in [6.07, 6.45) is 8.32. The third kappa shape index (κ3) is 3.26. The zero-order valence-corrected chi connectivity index (χ0v) is 13.2. The second-order valence-electron chi connectivity index (χ2n) is 6.45. The van der Waals surface area contributed by atoms with E-state index in [1.54, 1.807) is 0 Å². The van der Waals surface area contributed by atoms with E-state index in [-0.39, 0.29) is 0 Å². The highest BCUT2D eigenvalue weighted by molar-refractivity contribution is 5.82. The van der Waals surface area contributed by atoms with Gasteiger partial charge in [-0.25, -0.2) is 0 Å². The number of rotatable bonds is 4. The quantitative estimate of drug-likeness (QED) is 0.873. The van der Waals surface area contributed by atoms with Crippen LogP contribution >= 0.6 is 0 Å². The predicted molar refractivity (Wildman–Crippen MR) is 89.5 cm³/mol. The van der Waals surface area contributed by atoms with Crippen molar-refractivity contribution in [2.24, 2.45) is 5.92 Å². The van der Waals surface area contributed by atoms with Crippen molar-refractivity contribution in [1.82, 2.24) is 10.3 Å². The Kier molecular flexibility index (Phi) is 4.54. The van der Waals surface area contributed by atoms with Crippen molar-refractivity contribution in [3.05, 3.63) is 41.6 Å². The zero-order valence-electron chi connectivity index (χ0n) is 13.2. The van der Waals surface area contributed by atoms with Gasteiger partial charge in [0.2, 0.25) is 0 Å². The first-order valence-corrected chi connectivity index (χ1v) is 8.31.